The zero-order valence-corrected chi connectivity index (χ0v) is 53.0. The van der Waals surface area contributed by atoms with E-state index in [0.717, 1.165) is 12.1 Å². The molecule has 5 aromatic carbocycles. The average molecular weight is 1290 g/mol. The van der Waals surface area contributed by atoms with Crippen LogP contribution < -0.4 is 45.1 Å². The van der Waals surface area contributed by atoms with Crippen molar-refractivity contribution in [3.8, 4) is 0 Å². The van der Waals surface area contributed by atoms with Crippen LogP contribution >= 0.6 is 0 Å². The molecule has 24 nitrogen and oxygen atoms in total. The van der Waals surface area contributed by atoms with Crippen LogP contribution in [0.3, 0.4) is 0 Å². The van der Waals surface area contributed by atoms with Gasteiger partial charge < -0.3 is 17.0 Å². The van der Waals surface area contributed by atoms with Crippen LogP contribution in [0.5, 0.6) is 0 Å². The summed E-state index contributed by atoms with van der Waals surface area (Å²) in [4.78, 5) is 23.5. The number of benzene rings is 5. The molecule has 2 aliphatic heterocycles. The first-order chi connectivity index (χ1) is 38.1. The normalized spacial score (nSPS) is 16.1. The quantitative estimate of drug-likeness (QED) is 0.0123. The third-order valence-corrected chi connectivity index (χ3v) is 19.2. The van der Waals surface area contributed by atoms with Crippen molar-refractivity contribution in [1.29, 1.82) is 0 Å². The van der Waals surface area contributed by atoms with Gasteiger partial charge in [0, 0.05) is 82.5 Å². The first-order valence-electron chi connectivity index (χ1n) is 25.0. The minimum atomic E-state index is -5.15. The van der Waals surface area contributed by atoms with Gasteiger partial charge in [0.15, 0.2) is 5.71 Å². The Hall–Kier alpha value is -5.55. The molecule has 31 heteroatoms. The number of carbonyl (C=O) groups is 2. The molecule has 0 bridgehead atoms. The minimum Gasteiger partial charge on any atom is -1.00 e. The third kappa shape index (κ3) is 15.0. The van der Waals surface area contributed by atoms with E-state index in [2.05, 4.69) is 17.2 Å². The van der Waals surface area contributed by atoms with Gasteiger partial charge in [-0.3, -0.25) is 36.9 Å². The number of allylic oxidation sites excluding steroid dienone is 6. The van der Waals surface area contributed by atoms with Crippen molar-refractivity contribution in [3.63, 3.8) is 0 Å². The van der Waals surface area contributed by atoms with Crippen LogP contribution in [0.1, 0.15) is 82.4 Å². The summed E-state index contributed by atoms with van der Waals surface area (Å²) in [6.07, 6.45) is 6.46. The monoisotopic (exact) mass is 1290 g/mol. The Labute approximate surface area is 510 Å². The molecule has 0 saturated heterocycles. The van der Waals surface area contributed by atoms with Crippen molar-refractivity contribution in [2.45, 2.75) is 84.3 Å². The fourth-order valence-electron chi connectivity index (χ4n) is 10.4. The van der Waals surface area contributed by atoms with Crippen molar-refractivity contribution < 1.29 is 123 Å². The number of fused-ring (bicyclic) bond motifs is 6. The number of hydrogen-bond acceptors (Lipinski definition) is 15. The predicted molar refractivity (Wildman–Crippen MR) is 310 cm³/mol. The van der Waals surface area contributed by atoms with Crippen molar-refractivity contribution in [3.05, 3.63) is 137 Å². The zero-order valence-electron chi connectivity index (χ0n) is 47.1. The molecule has 0 unspecified atom stereocenters. The summed E-state index contributed by atoms with van der Waals surface area (Å²) in [6.45, 7) is 12.0. The predicted octanol–water partition coefficient (Wildman–Crippen LogP) is 3.16. The summed E-state index contributed by atoms with van der Waals surface area (Å²) in [6, 6.07) is 15.0. The fraction of sp³-hybridized carbons (Fsp3) is 0.302. The van der Waals surface area contributed by atoms with E-state index in [1.54, 1.807) is 80.5 Å². The molecular formula is C53H60N4NaO20S6+. The maximum atomic E-state index is 13.4. The van der Waals surface area contributed by atoms with Crippen molar-refractivity contribution >= 4 is 117 Å². The maximum Gasteiger partial charge on any atom is 1.00 e. The van der Waals surface area contributed by atoms with Gasteiger partial charge in [0.2, 0.25) is 11.6 Å². The molecule has 8 N–H and O–H groups in total. The van der Waals surface area contributed by atoms with Crippen LogP contribution in [0.4, 0.5) is 11.4 Å². The van der Waals surface area contributed by atoms with Crippen molar-refractivity contribution in [2.75, 3.05) is 42.6 Å². The molecule has 0 spiro atoms. The minimum absolute atomic E-state index is 0. The van der Waals surface area contributed by atoms with Crippen LogP contribution in [0.2, 0.25) is 0 Å². The van der Waals surface area contributed by atoms with Crippen LogP contribution in [0.25, 0.3) is 27.1 Å². The molecular weight excluding hydrogens is 1230 g/mol. The molecule has 2 amide bonds. The second kappa shape index (κ2) is 24.7. The Balaban J connectivity index is 0.00000660. The van der Waals surface area contributed by atoms with Gasteiger partial charge in [0.1, 0.15) is 16.3 Å². The number of anilines is 1. The number of rotatable bonds is 22. The summed E-state index contributed by atoms with van der Waals surface area (Å²) in [5.41, 5.74) is 0.597. The fourth-order valence-corrected chi connectivity index (χ4v) is 14.1. The topological polar surface area (TPSA) is 391 Å². The average Bonchev–Trinajstić information content (AvgIpc) is 1.64. The first-order valence-corrected chi connectivity index (χ1v) is 34.0. The van der Waals surface area contributed by atoms with Crippen LogP contribution in [0.15, 0.2) is 135 Å². The summed E-state index contributed by atoms with van der Waals surface area (Å²) in [7, 11) is -29.6. The van der Waals surface area contributed by atoms with Gasteiger partial charge in [-0.15, -0.1) is 0 Å². The second-order valence-corrected chi connectivity index (χ2v) is 29.6. The van der Waals surface area contributed by atoms with Gasteiger partial charge in [-0.1, -0.05) is 44.7 Å². The van der Waals surface area contributed by atoms with Gasteiger partial charge in [-0.25, -0.2) is 0 Å². The SMILES string of the molecule is C=C(C)C(=O)NCCCNC(=O)c1ccc(C(=C\C=C2/N(CCCS(=O)(=O)O)c3ccc4c(S(=O)(=O)O)cc(S(=O)(=O)O)cc4c3C2(C)C)/C=C/C2=[N+](CCCS(=O)(=O)O)c3ccc4c(S(=O)(=O)O)cc(S(=O)(=O)O)cc4c3C2(C)C)cc1.[H-].[Na+]. The Morgan fingerprint density at radius 3 is 1.63 bits per heavy atom. The number of carbonyl (C=O) groups excluding carboxylic acids is 2. The zero-order chi connectivity index (χ0) is 61.8. The largest absolute Gasteiger partial charge is 1.00 e. The Bertz CT molecular complexity index is 4430. The number of amides is 2. The maximum absolute atomic E-state index is 13.4. The van der Waals surface area contributed by atoms with Crippen LogP contribution in [-0.2, 0) is 76.3 Å². The molecule has 2 aliphatic rings. The third-order valence-electron chi connectivity index (χ3n) is 14.1. The molecule has 0 aliphatic carbocycles. The molecule has 2 heterocycles. The molecule has 0 aromatic heterocycles. The van der Waals surface area contributed by atoms with E-state index in [-0.39, 0.29) is 114 Å². The van der Waals surface area contributed by atoms with E-state index in [4.69, 9.17) is 0 Å². The second-order valence-electron chi connectivity index (χ2n) is 20.8. The van der Waals surface area contributed by atoms with E-state index in [9.17, 15) is 87.4 Å². The van der Waals surface area contributed by atoms with E-state index in [1.165, 1.54) is 36.4 Å². The van der Waals surface area contributed by atoms with E-state index >= 15 is 0 Å². The van der Waals surface area contributed by atoms with Gasteiger partial charge >= 0.3 is 29.6 Å². The van der Waals surface area contributed by atoms with Crippen molar-refractivity contribution in [1.82, 2.24) is 10.6 Å². The molecule has 448 valence electrons. The summed E-state index contributed by atoms with van der Waals surface area (Å²) in [5, 5.41) is 5.10. The Morgan fingerprint density at radius 1 is 0.619 bits per heavy atom. The molecule has 0 atom stereocenters. The number of nitrogens with zero attached hydrogens (tertiary/aromatic N) is 2. The standard InChI is InChI=1S/C53H58N4O20S6.Na.H/c1-32(2)50(58)54-22-7-23-55-51(59)35-12-10-33(11-13-35)34(14-20-46-52(3,4)48-40-28-36(80(66,67)68)30-44(82(72,73)74)38(40)16-18-42(48)56(46)24-8-26-78(60,61)62)15-21-47-53(5,6)49-41-29-37(81(69,70)71)31-45(83(75,76)77)39(41)17-19-43(49)57(47)25-9-27-79(63,64)65;;/h10-21,28-31H,1,7-9,22-27H2,2-6H3,(H7-,54,55,58,59,60,61,62,63,64,65,66,67,68,69,70,71,72,73,74,75,76,77);;/q;+1;-1/p+1. The van der Waals surface area contributed by atoms with E-state index in [0.29, 0.717) is 58.0 Å². The molecule has 84 heavy (non-hydrogen) atoms. The molecule has 0 saturated carbocycles. The summed E-state index contributed by atoms with van der Waals surface area (Å²) >= 11 is 0. The Morgan fingerprint density at radius 2 is 1.12 bits per heavy atom. The molecule has 5 aromatic rings. The Kier molecular flexibility index (Phi) is 19.8. The van der Waals surface area contributed by atoms with Crippen molar-refractivity contribution in [2.24, 2.45) is 0 Å². The van der Waals surface area contributed by atoms with Gasteiger partial charge in [0.05, 0.1) is 26.7 Å². The first kappa shape index (κ1) is 67.6. The van der Waals surface area contributed by atoms with E-state index in [1.807, 2.05) is 0 Å². The smallest absolute Gasteiger partial charge is 1.00 e. The summed E-state index contributed by atoms with van der Waals surface area (Å²) < 4.78 is 212. The van der Waals surface area contributed by atoms with E-state index < -0.39 is 109 Å². The number of nitrogens with one attached hydrogen (secondary N) is 2. The number of hydrogen-bond donors (Lipinski definition) is 8. The summed E-state index contributed by atoms with van der Waals surface area (Å²) in [5.74, 6) is -2.24. The van der Waals surface area contributed by atoms with Crippen LogP contribution in [-0.4, -0.2) is 138 Å². The molecule has 7 rings (SSSR count). The van der Waals surface area contributed by atoms with Crippen LogP contribution in [0, 0.1) is 0 Å². The van der Waals surface area contributed by atoms with Gasteiger partial charge in [-0.2, -0.15) is 55.1 Å². The molecule has 0 fully saturated rings. The molecule has 0 radical (unpaired) electrons. The van der Waals surface area contributed by atoms with Gasteiger partial charge in [0.25, 0.3) is 66.6 Å². The van der Waals surface area contributed by atoms with Gasteiger partial charge in [-0.05, 0) is 122 Å².